The Labute approximate surface area is 215 Å². The van der Waals surface area contributed by atoms with Crippen molar-refractivity contribution in [1.82, 2.24) is 24.9 Å². The van der Waals surface area contributed by atoms with E-state index in [1.54, 1.807) is 24.3 Å². The van der Waals surface area contributed by atoms with Crippen LogP contribution in [0.2, 0.25) is 0 Å². The van der Waals surface area contributed by atoms with E-state index in [4.69, 9.17) is 9.47 Å². The number of pyridine rings is 1. The van der Waals surface area contributed by atoms with Crippen molar-refractivity contribution in [3.8, 4) is 28.8 Å². The first-order chi connectivity index (χ1) is 18.5. The largest absolute Gasteiger partial charge is 0.482 e. The van der Waals surface area contributed by atoms with E-state index >= 15 is 0 Å². The molecule has 1 aliphatic rings. The summed E-state index contributed by atoms with van der Waals surface area (Å²) < 4.78 is 89.9. The third-order valence-corrected chi connectivity index (χ3v) is 6.35. The van der Waals surface area contributed by atoms with Crippen molar-refractivity contribution in [2.45, 2.75) is 31.3 Å². The van der Waals surface area contributed by atoms with Crippen LogP contribution in [0.3, 0.4) is 0 Å². The van der Waals surface area contributed by atoms with Gasteiger partial charge in [0, 0.05) is 29.9 Å². The normalized spacial score (nSPS) is 17.3. The summed E-state index contributed by atoms with van der Waals surface area (Å²) in [5.74, 6) is 1.46. The van der Waals surface area contributed by atoms with Crippen LogP contribution in [0.5, 0.6) is 17.2 Å². The maximum atomic E-state index is 13.1. The van der Waals surface area contributed by atoms with Gasteiger partial charge < -0.3 is 19.4 Å². The highest BCUT2D eigenvalue weighted by Crippen LogP contribution is 2.47. The van der Waals surface area contributed by atoms with Gasteiger partial charge in [-0.2, -0.15) is 26.3 Å². The van der Waals surface area contributed by atoms with E-state index in [1.165, 1.54) is 18.3 Å². The maximum Gasteiger partial charge on any atom is 0.434 e. The molecule has 4 heterocycles. The van der Waals surface area contributed by atoms with E-state index in [0.29, 0.717) is 28.6 Å². The van der Waals surface area contributed by atoms with Crippen LogP contribution < -0.4 is 9.47 Å². The van der Waals surface area contributed by atoms with Crippen LogP contribution >= 0.6 is 0 Å². The zero-order chi connectivity index (χ0) is 27.5. The number of rotatable bonds is 4. The molecule has 2 aromatic carbocycles. The predicted molar refractivity (Wildman–Crippen MR) is 126 cm³/mol. The Balaban J connectivity index is 1.22. The van der Waals surface area contributed by atoms with E-state index in [1.807, 2.05) is 6.92 Å². The summed E-state index contributed by atoms with van der Waals surface area (Å²) in [6.45, 7) is 1.90. The molecule has 0 saturated carbocycles. The number of aromatic nitrogens is 5. The summed E-state index contributed by atoms with van der Waals surface area (Å²) in [4.78, 5) is 17.5. The number of aromatic amines is 2. The summed E-state index contributed by atoms with van der Waals surface area (Å²) in [6.07, 6.45) is -7.46. The number of fused-ring (bicyclic) bond motifs is 2. The summed E-state index contributed by atoms with van der Waals surface area (Å²) in [5.41, 5.74) is -0.228. The lowest BCUT2D eigenvalue weighted by Crippen LogP contribution is -2.09. The number of imidazole rings is 2. The minimum atomic E-state index is -4.59. The molecule has 2 atom stereocenters. The Kier molecular flexibility index (Phi) is 5.56. The molecule has 2 unspecified atom stereocenters. The number of benzene rings is 2. The summed E-state index contributed by atoms with van der Waals surface area (Å²) in [5, 5.41) is 0. The molecule has 13 heteroatoms. The molecule has 39 heavy (non-hydrogen) atoms. The maximum absolute atomic E-state index is 13.1. The molecular weight excluding hydrogens is 528 g/mol. The first-order valence-electron chi connectivity index (χ1n) is 11.6. The highest BCUT2D eigenvalue weighted by Gasteiger charge is 2.36. The van der Waals surface area contributed by atoms with Crippen LogP contribution in [0, 0.1) is 0 Å². The van der Waals surface area contributed by atoms with Gasteiger partial charge in [0.15, 0.2) is 17.6 Å². The van der Waals surface area contributed by atoms with Gasteiger partial charge >= 0.3 is 12.4 Å². The van der Waals surface area contributed by atoms with Crippen molar-refractivity contribution in [3.05, 3.63) is 83.6 Å². The Hall–Kier alpha value is -4.55. The van der Waals surface area contributed by atoms with Gasteiger partial charge in [0.25, 0.3) is 0 Å². The monoisotopic (exact) mass is 545 g/mol. The number of halogens is 6. The van der Waals surface area contributed by atoms with Crippen molar-refractivity contribution >= 4 is 11.0 Å². The highest BCUT2D eigenvalue weighted by atomic mass is 19.4. The molecule has 5 aromatic rings. The number of ether oxygens (including phenoxy) is 2. The lowest BCUT2D eigenvalue weighted by atomic mass is 9.97. The SMILES string of the molecule is CC1c2cc(Oc3ccnc(-c4nc(C(F)(F)F)c[nH]4)c3)ccc2OC1c1nc2ccc(C(F)(F)F)cc2[nH]1. The number of nitrogens with one attached hydrogen (secondary N) is 2. The quantitative estimate of drug-likeness (QED) is 0.230. The topological polar surface area (TPSA) is 88.7 Å². The van der Waals surface area contributed by atoms with Crippen LogP contribution in [0.1, 0.15) is 41.6 Å². The van der Waals surface area contributed by atoms with Crippen LogP contribution in [0.4, 0.5) is 26.3 Å². The number of hydrogen-bond donors (Lipinski definition) is 2. The zero-order valence-electron chi connectivity index (χ0n) is 19.9. The number of H-pyrrole nitrogens is 2. The van der Waals surface area contributed by atoms with Gasteiger partial charge in [-0.25, -0.2) is 9.97 Å². The molecule has 6 rings (SSSR count). The summed E-state index contributed by atoms with van der Waals surface area (Å²) >= 11 is 0. The average Bonchev–Trinajstić information content (AvgIpc) is 3.60. The van der Waals surface area contributed by atoms with Crippen LogP contribution in [-0.2, 0) is 12.4 Å². The molecule has 200 valence electrons. The van der Waals surface area contributed by atoms with Gasteiger partial charge in [-0.15, -0.1) is 0 Å². The minimum absolute atomic E-state index is 0.0558. The lowest BCUT2D eigenvalue weighted by molar-refractivity contribution is -0.141. The Morgan fingerprint density at radius 2 is 1.69 bits per heavy atom. The van der Waals surface area contributed by atoms with E-state index < -0.39 is 29.7 Å². The van der Waals surface area contributed by atoms with Crippen molar-refractivity contribution in [1.29, 1.82) is 0 Å². The molecule has 0 aliphatic carbocycles. The molecule has 0 amide bonds. The smallest absolute Gasteiger partial charge is 0.434 e. The Bertz CT molecular complexity index is 1690. The van der Waals surface area contributed by atoms with Crippen molar-refractivity contribution in [3.63, 3.8) is 0 Å². The predicted octanol–water partition coefficient (Wildman–Crippen LogP) is 7.42. The minimum Gasteiger partial charge on any atom is -0.482 e. The molecule has 0 saturated heterocycles. The van der Waals surface area contributed by atoms with Crippen molar-refractivity contribution in [2.75, 3.05) is 0 Å². The van der Waals surface area contributed by atoms with Crippen LogP contribution in [0.15, 0.2) is 60.9 Å². The van der Waals surface area contributed by atoms with Gasteiger partial charge in [0.05, 0.1) is 16.6 Å². The molecule has 0 bridgehead atoms. The third kappa shape index (κ3) is 4.64. The molecule has 7 nitrogen and oxygen atoms in total. The second kappa shape index (κ2) is 8.75. The average molecular weight is 545 g/mol. The van der Waals surface area contributed by atoms with Crippen LogP contribution in [-0.4, -0.2) is 24.9 Å². The molecule has 0 radical (unpaired) electrons. The fourth-order valence-electron chi connectivity index (χ4n) is 4.43. The fourth-order valence-corrected chi connectivity index (χ4v) is 4.43. The fraction of sp³-hybridized carbons (Fsp3) is 0.192. The Morgan fingerprint density at radius 1 is 0.897 bits per heavy atom. The number of nitrogens with zero attached hydrogens (tertiary/aromatic N) is 3. The van der Waals surface area contributed by atoms with Crippen molar-refractivity contribution in [2.24, 2.45) is 0 Å². The summed E-state index contributed by atoms with van der Waals surface area (Å²) in [7, 11) is 0. The van der Waals surface area contributed by atoms with E-state index in [-0.39, 0.29) is 23.0 Å². The van der Waals surface area contributed by atoms with Crippen molar-refractivity contribution < 1.29 is 35.8 Å². The molecule has 1 aliphatic heterocycles. The molecule has 3 aromatic heterocycles. The first-order valence-corrected chi connectivity index (χ1v) is 11.6. The van der Waals surface area contributed by atoms with E-state index in [0.717, 1.165) is 23.9 Å². The lowest BCUT2D eigenvalue weighted by Gasteiger charge is -2.12. The summed E-state index contributed by atoms with van der Waals surface area (Å²) in [6, 6.07) is 11.4. The molecular formula is C26H17F6N5O2. The zero-order valence-corrected chi connectivity index (χ0v) is 19.9. The Morgan fingerprint density at radius 3 is 2.44 bits per heavy atom. The van der Waals surface area contributed by atoms with E-state index in [2.05, 4.69) is 24.9 Å². The molecule has 0 fully saturated rings. The number of hydrogen-bond acceptors (Lipinski definition) is 5. The van der Waals surface area contributed by atoms with Gasteiger partial charge in [0.2, 0.25) is 0 Å². The second-order valence-electron chi connectivity index (χ2n) is 8.99. The molecule has 2 N–H and O–H groups in total. The third-order valence-electron chi connectivity index (χ3n) is 6.35. The van der Waals surface area contributed by atoms with Gasteiger partial charge in [-0.3, -0.25) is 4.98 Å². The van der Waals surface area contributed by atoms with Gasteiger partial charge in [-0.1, -0.05) is 6.92 Å². The number of alkyl halides is 6. The van der Waals surface area contributed by atoms with Gasteiger partial charge in [0.1, 0.15) is 28.8 Å². The second-order valence-corrected chi connectivity index (χ2v) is 8.99. The highest BCUT2D eigenvalue weighted by molar-refractivity contribution is 5.76. The van der Waals surface area contributed by atoms with E-state index in [9.17, 15) is 26.3 Å². The van der Waals surface area contributed by atoms with Crippen LogP contribution in [0.25, 0.3) is 22.6 Å². The first kappa shape index (κ1) is 24.8. The van der Waals surface area contributed by atoms with Gasteiger partial charge in [-0.05, 0) is 42.5 Å². The standard InChI is InChI=1S/C26H17F6N5O2/c1-12-16-9-14(38-15-6-7-33-19(10-15)23-34-11-21(37-23)26(30,31)32)3-5-20(16)39-22(12)24-35-17-4-2-13(25(27,28)29)8-18(17)36-24/h2-12,22H,1H3,(H,34,37)(H,35,36). The molecule has 0 spiro atoms.